The molecule has 110 valence electrons. The zero-order valence-electron chi connectivity index (χ0n) is 12.8. The number of aromatic nitrogens is 1. The fourth-order valence-corrected chi connectivity index (χ4v) is 1.98. The fourth-order valence-electron chi connectivity index (χ4n) is 1.98. The number of ether oxygens (including phenoxy) is 1. The van der Waals surface area contributed by atoms with Crippen LogP contribution in [0.2, 0.25) is 0 Å². The quantitative estimate of drug-likeness (QED) is 0.636. The van der Waals surface area contributed by atoms with E-state index in [9.17, 15) is 4.79 Å². The number of pyridine rings is 1. The summed E-state index contributed by atoms with van der Waals surface area (Å²) in [7, 11) is 3.80. The third-order valence-electron chi connectivity index (χ3n) is 3.19. The number of hydrogen-bond donors (Lipinski definition) is 0. The molecule has 1 heterocycles. The predicted octanol–water partition coefficient (Wildman–Crippen LogP) is 3.49. The first-order chi connectivity index (χ1) is 9.99. The van der Waals surface area contributed by atoms with Crippen molar-refractivity contribution >= 4 is 11.8 Å². The van der Waals surface area contributed by atoms with E-state index < -0.39 is 0 Å². The molecular weight excluding hydrogens is 264 g/mol. The molecule has 0 N–H and O–H groups in total. The van der Waals surface area contributed by atoms with Crippen LogP contribution < -0.4 is 9.64 Å². The Morgan fingerprint density at radius 2 is 1.86 bits per heavy atom. The molecule has 0 aliphatic heterocycles. The Hall–Kier alpha value is -2.36. The molecule has 0 spiro atoms. The minimum absolute atomic E-state index is 0.295. The molecule has 0 aliphatic carbocycles. The minimum Gasteiger partial charge on any atom is -0.423 e. The SMILES string of the molecule is CC(C)c1ccccc1OC(=O)c1ccc(N(C)C)nc1. The van der Waals surface area contributed by atoms with Crippen molar-refractivity contribution in [2.45, 2.75) is 19.8 Å². The van der Waals surface area contributed by atoms with Crippen LogP contribution in [0.15, 0.2) is 42.6 Å². The van der Waals surface area contributed by atoms with Crippen LogP contribution in [-0.2, 0) is 0 Å². The lowest BCUT2D eigenvalue weighted by molar-refractivity contribution is 0.0732. The van der Waals surface area contributed by atoms with Gasteiger partial charge >= 0.3 is 5.97 Å². The van der Waals surface area contributed by atoms with Gasteiger partial charge < -0.3 is 9.64 Å². The average molecular weight is 284 g/mol. The number of carbonyl (C=O) groups is 1. The molecular formula is C17H20N2O2. The zero-order valence-corrected chi connectivity index (χ0v) is 12.8. The van der Waals surface area contributed by atoms with Crippen LogP contribution in [0, 0.1) is 0 Å². The van der Waals surface area contributed by atoms with E-state index in [0.29, 0.717) is 17.2 Å². The first-order valence-corrected chi connectivity index (χ1v) is 6.93. The highest BCUT2D eigenvalue weighted by Gasteiger charge is 2.13. The molecule has 0 saturated heterocycles. The van der Waals surface area contributed by atoms with Crippen molar-refractivity contribution in [3.8, 4) is 5.75 Å². The van der Waals surface area contributed by atoms with Crippen molar-refractivity contribution in [2.24, 2.45) is 0 Å². The highest BCUT2D eigenvalue weighted by atomic mass is 16.5. The van der Waals surface area contributed by atoms with Gasteiger partial charge in [0.15, 0.2) is 0 Å². The number of carbonyl (C=O) groups excluding carboxylic acids is 1. The second-order valence-electron chi connectivity index (χ2n) is 5.38. The summed E-state index contributed by atoms with van der Waals surface area (Å²) in [6, 6.07) is 11.1. The summed E-state index contributed by atoms with van der Waals surface area (Å²) in [5.41, 5.74) is 1.46. The standard InChI is InChI=1S/C17H20N2O2/c1-12(2)14-7-5-6-8-15(14)21-17(20)13-9-10-16(18-11-13)19(3)4/h5-12H,1-4H3. The van der Waals surface area contributed by atoms with Gasteiger partial charge in [0, 0.05) is 20.3 Å². The monoisotopic (exact) mass is 284 g/mol. The van der Waals surface area contributed by atoms with Crippen molar-refractivity contribution in [1.82, 2.24) is 4.98 Å². The first kappa shape index (κ1) is 15.0. The summed E-state index contributed by atoms with van der Waals surface area (Å²) in [5, 5.41) is 0. The zero-order chi connectivity index (χ0) is 15.4. The van der Waals surface area contributed by atoms with E-state index in [4.69, 9.17) is 4.74 Å². The van der Waals surface area contributed by atoms with Crippen LogP contribution in [-0.4, -0.2) is 25.0 Å². The fraction of sp³-hybridized carbons (Fsp3) is 0.294. The Kier molecular flexibility index (Phi) is 4.58. The Balaban J connectivity index is 2.18. The predicted molar refractivity (Wildman–Crippen MR) is 84.1 cm³/mol. The summed E-state index contributed by atoms with van der Waals surface area (Å²) in [6.45, 7) is 4.14. The van der Waals surface area contributed by atoms with Crippen LogP contribution in [0.3, 0.4) is 0 Å². The normalized spacial score (nSPS) is 10.5. The lowest BCUT2D eigenvalue weighted by Gasteiger charge is -2.13. The van der Waals surface area contributed by atoms with Crippen LogP contribution >= 0.6 is 0 Å². The molecule has 0 aliphatic rings. The van der Waals surface area contributed by atoms with E-state index in [-0.39, 0.29) is 5.97 Å². The summed E-state index contributed by atoms with van der Waals surface area (Å²) < 4.78 is 5.50. The Morgan fingerprint density at radius 3 is 2.43 bits per heavy atom. The molecule has 2 rings (SSSR count). The number of nitrogens with zero attached hydrogens (tertiary/aromatic N) is 2. The van der Waals surface area contributed by atoms with Crippen LogP contribution in [0.1, 0.15) is 35.7 Å². The molecule has 0 atom stereocenters. The topological polar surface area (TPSA) is 42.4 Å². The lowest BCUT2D eigenvalue weighted by atomic mass is 10.0. The first-order valence-electron chi connectivity index (χ1n) is 6.93. The largest absolute Gasteiger partial charge is 0.423 e. The van der Waals surface area contributed by atoms with Gasteiger partial charge in [0.2, 0.25) is 0 Å². The van der Waals surface area contributed by atoms with Crippen molar-refractivity contribution in [2.75, 3.05) is 19.0 Å². The number of benzene rings is 1. The molecule has 0 fully saturated rings. The molecule has 0 saturated carbocycles. The number of rotatable bonds is 4. The van der Waals surface area contributed by atoms with E-state index in [2.05, 4.69) is 18.8 Å². The van der Waals surface area contributed by atoms with Crippen LogP contribution in [0.4, 0.5) is 5.82 Å². The molecule has 0 unspecified atom stereocenters. The van der Waals surface area contributed by atoms with Gasteiger partial charge in [-0.3, -0.25) is 0 Å². The number of esters is 1. The van der Waals surface area contributed by atoms with Gasteiger partial charge in [-0.25, -0.2) is 9.78 Å². The maximum absolute atomic E-state index is 12.2. The van der Waals surface area contributed by atoms with Gasteiger partial charge in [-0.15, -0.1) is 0 Å². The third kappa shape index (κ3) is 3.60. The number of hydrogen-bond acceptors (Lipinski definition) is 4. The van der Waals surface area contributed by atoms with Gasteiger partial charge in [-0.05, 0) is 29.7 Å². The van der Waals surface area contributed by atoms with Gasteiger partial charge in [0.05, 0.1) is 5.56 Å². The number of anilines is 1. The number of para-hydroxylation sites is 1. The highest BCUT2D eigenvalue weighted by molar-refractivity contribution is 5.91. The summed E-state index contributed by atoms with van der Waals surface area (Å²) in [5.74, 6) is 1.31. The molecule has 2 aromatic rings. The van der Waals surface area contributed by atoms with Gasteiger partial charge in [-0.2, -0.15) is 0 Å². The minimum atomic E-state index is -0.388. The summed E-state index contributed by atoms with van der Waals surface area (Å²) in [4.78, 5) is 18.3. The highest BCUT2D eigenvalue weighted by Crippen LogP contribution is 2.26. The molecule has 0 amide bonds. The van der Waals surface area contributed by atoms with Crippen molar-refractivity contribution in [3.63, 3.8) is 0 Å². The molecule has 21 heavy (non-hydrogen) atoms. The molecule has 0 bridgehead atoms. The van der Waals surface area contributed by atoms with Crippen molar-refractivity contribution in [1.29, 1.82) is 0 Å². The van der Waals surface area contributed by atoms with E-state index >= 15 is 0 Å². The molecule has 4 nitrogen and oxygen atoms in total. The Bertz CT molecular complexity index is 619. The summed E-state index contributed by atoms with van der Waals surface area (Å²) >= 11 is 0. The maximum Gasteiger partial charge on any atom is 0.345 e. The Labute approximate surface area is 125 Å². The summed E-state index contributed by atoms with van der Waals surface area (Å²) in [6.07, 6.45) is 1.54. The van der Waals surface area contributed by atoms with Crippen molar-refractivity contribution in [3.05, 3.63) is 53.7 Å². The second-order valence-corrected chi connectivity index (χ2v) is 5.38. The molecule has 1 aromatic heterocycles. The van der Waals surface area contributed by atoms with E-state index in [1.807, 2.05) is 43.3 Å². The molecule has 4 heteroatoms. The van der Waals surface area contributed by atoms with Gasteiger partial charge in [0.1, 0.15) is 11.6 Å². The second kappa shape index (κ2) is 6.39. The smallest absolute Gasteiger partial charge is 0.345 e. The van der Waals surface area contributed by atoms with Gasteiger partial charge in [0.25, 0.3) is 0 Å². The van der Waals surface area contributed by atoms with E-state index in [1.54, 1.807) is 12.1 Å². The van der Waals surface area contributed by atoms with E-state index in [1.165, 1.54) is 6.20 Å². The Morgan fingerprint density at radius 1 is 1.14 bits per heavy atom. The molecule has 1 aromatic carbocycles. The van der Waals surface area contributed by atoms with Crippen LogP contribution in [0.5, 0.6) is 5.75 Å². The van der Waals surface area contributed by atoms with Crippen molar-refractivity contribution < 1.29 is 9.53 Å². The van der Waals surface area contributed by atoms with Crippen LogP contribution in [0.25, 0.3) is 0 Å². The van der Waals surface area contributed by atoms with Gasteiger partial charge in [-0.1, -0.05) is 32.0 Å². The average Bonchev–Trinajstić information content (AvgIpc) is 2.47. The lowest BCUT2D eigenvalue weighted by Crippen LogP contribution is -2.13. The molecule has 0 radical (unpaired) electrons. The maximum atomic E-state index is 12.2. The van der Waals surface area contributed by atoms with E-state index in [0.717, 1.165) is 11.4 Å². The third-order valence-corrected chi connectivity index (χ3v) is 3.19.